The zero-order valence-electron chi connectivity index (χ0n) is 20.1. The second-order valence-corrected chi connectivity index (χ2v) is 10.0. The van der Waals surface area contributed by atoms with Crippen molar-refractivity contribution in [3.8, 4) is 11.3 Å². The van der Waals surface area contributed by atoms with E-state index in [1.54, 1.807) is 23.9 Å². The molecule has 8 nitrogen and oxygen atoms in total. The molecule has 4 heterocycles. The fourth-order valence-corrected chi connectivity index (χ4v) is 5.10. The number of esters is 1. The first-order valence-electron chi connectivity index (χ1n) is 11.4. The highest BCUT2D eigenvalue weighted by Gasteiger charge is 2.23. The minimum absolute atomic E-state index is 0.0625. The lowest BCUT2D eigenvalue weighted by atomic mass is 10.1. The molecule has 0 saturated carbocycles. The van der Waals surface area contributed by atoms with Gasteiger partial charge in [0.1, 0.15) is 4.83 Å². The average molecular weight is 488 g/mol. The molecule has 5 aromatic rings. The van der Waals surface area contributed by atoms with Crippen molar-refractivity contribution in [2.24, 2.45) is 0 Å². The molecule has 0 radical (unpaired) electrons. The minimum Gasteiger partial charge on any atom is -0.451 e. The first-order chi connectivity index (χ1) is 16.7. The van der Waals surface area contributed by atoms with E-state index in [1.165, 1.54) is 11.3 Å². The SMILES string of the molecule is Cc1sc2nc(C(C)OC(=O)c3cc(-c4ccccc4)nc4c3cnn4C(C)C)[nH]c(=O)c2c1C. The number of ether oxygens (including phenoxy) is 1. The number of fused-ring (bicyclic) bond motifs is 2. The number of carbonyl (C=O) groups excluding carboxylic acids is 1. The lowest BCUT2D eigenvalue weighted by Crippen LogP contribution is -2.17. The summed E-state index contributed by atoms with van der Waals surface area (Å²) in [6, 6.07) is 11.4. The lowest BCUT2D eigenvalue weighted by Gasteiger charge is -2.14. The van der Waals surface area contributed by atoms with Gasteiger partial charge in [0.2, 0.25) is 0 Å². The Labute approximate surface area is 205 Å². The Balaban J connectivity index is 1.55. The molecular formula is C26H25N5O3S. The molecule has 35 heavy (non-hydrogen) atoms. The number of thiophene rings is 1. The van der Waals surface area contributed by atoms with E-state index < -0.39 is 12.1 Å². The maximum Gasteiger partial charge on any atom is 0.339 e. The van der Waals surface area contributed by atoms with Crippen LogP contribution in [0.2, 0.25) is 0 Å². The summed E-state index contributed by atoms with van der Waals surface area (Å²) in [5, 5.41) is 5.65. The van der Waals surface area contributed by atoms with Crippen molar-refractivity contribution in [3.63, 3.8) is 0 Å². The van der Waals surface area contributed by atoms with Gasteiger partial charge in [0.05, 0.1) is 28.2 Å². The number of carbonyl (C=O) groups is 1. The number of aryl methyl sites for hydroxylation is 2. The van der Waals surface area contributed by atoms with Gasteiger partial charge in [0.25, 0.3) is 5.56 Å². The quantitative estimate of drug-likeness (QED) is 0.328. The molecule has 0 bridgehead atoms. The lowest BCUT2D eigenvalue weighted by molar-refractivity contribution is 0.0322. The Morgan fingerprint density at radius 2 is 1.86 bits per heavy atom. The van der Waals surface area contributed by atoms with Crippen LogP contribution in [0.4, 0.5) is 0 Å². The van der Waals surface area contributed by atoms with Crippen LogP contribution in [-0.2, 0) is 4.74 Å². The molecule has 1 aromatic carbocycles. The second-order valence-electron chi connectivity index (χ2n) is 8.80. The van der Waals surface area contributed by atoms with Gasteiger partial charge in [-0.05, 0) is 46.2 Å². The Morgan fingerprint density at radius 1 is 1.11 bits per heavy atom. The summed E-state index contributed by atoms with van der Waals surface area (Å²) in [4.78, 5) is 39.9. The number of nitrogens with zero attached hydrogens (tertiary/aromatic N) is 4. The summed E-state index contributed by atoms with van der Waals surface area (Å²) in [6.45, 7) is 9.58. The summed E-state index contributed by atoms with van der Waals surface area (Å²) in [7, 11) is 0. The number of pyridine rings is 1. The molecule has 0 fully saturated rings. The molecule has 0 aliphatic carbocycles. The maximum atomic E-state index is 13.4. The van der Waals surface area contributed by atoms with Crippen LogP contribution < -0.4 is 5.56 Å². The Kier molecular flexibility index (Phi) is 5.72. The van der Waals surface area contributed by atoms with E-state index in [2.05, 4.69) is 15.1 Å². The number of nitrogens with one attached hydrogen (secondary N) is 1. The minimum atomic E-state index is -0.758. The van der Waals surface area contributed by atoms with Crippen LogP contribution >= 0.6 is 11.3 Å². The molecule has 0 aliphatic heterocycles. The topological polar surface area (TPSA) is 103 Å². The molecule has 0 amide bonds. The number of aromatic nitrogens is 5. The Hall–Kier alpha value is -3.85. The van der Waals surface area contributed by atoms with Gasteiger partial charge in [-0.3, -0.25) is 4.79 Å². The van der Waals surface area contributed by atoms with E-state index in [4.69, 9.17) is 9.72 Å². The molecule has 0 aliphatic rings. The first-order valence-corrected chi connectivity index (χ1v) is 12.2. The molecule has 4 aromatic heterocycles. The summed E-state index contributed by atoms with van der Waals surface area (Å²) >= 11 is 1.46. The summed E-state index contributed by atoms with van der Waals surface area (Å²) in [6.07, 6.45) is 0.882. The third-order valence-corrected chi connectivity index (χ3v) is 7.17. The van der Waals surface area contributed by atoms with Crippen LogP contribution in [0.3, 0.4) is 0 Å². The molecule has 0 spiro atoms. The normalized spacial score (nSPS) is 12.5. The predicted molar refractivity (Wildman–Crippen MR) is 137 cm³/mol. The van der Waals surface area contributed by atoms with E-state index >= 15 is 0 Å². The number of hydrogen-bond acceptors (Lipinski definition) is 7. The van der Waals surface area contributed by atoms with Crippen LogP contribution in [0.1, 0.15) is 59.5 Å². The van der Waals surface area contributed by atoms with Crippen molar-refractivity contribution in [3.05, 3.63) is 74.8 Å². The zero-order chi connectivity index (χ0) is 24.9. The maximum absolute atomic E-state index is 13.4. The fourth-order valence-electron chi connectivity index (χ4n) is 4.07. The van der Waals surface area contributed by atoms with Gasteiger partial charge in [0.15, 0.2) is 17.6 Å². The molecular weight excluding hydrogens is 462 g/mol. The highest BCUT2D eigenvalue weighted by atomic mass is 32.1. The monoisotopic (exact) mass is 487 g/mol. The fraction of sp³-hybridized carbons (Fsp3) is 0.269. The molecule has 1 atom stereocenters. The molecule has 5 rings (SSSR count). The largest absolute Gasteiger partial charge is 0.451 e. The van der Waals surface area contributed by atoms with Gasteiger partial charge >= 0.3 is 5.97 Å². The van der Waals surface area contributed by atoms with Crippen LogP contribution in [-0.4, -0.2) is 30.7 Å². The molecule has 9 heteroatoms. The number of aromatic amines is 1. The average Bonchev–Trinajstić information content (AvgIpc) is 3.39. The van der Waals surface area contributed by atoms with Gasteiger partial charge in [-0.15, -0.1) is 11.3 Å². The van der Waals surface area contributed by atoms with Gasteiger partial charge in [0, 0.05) is 16.5 Å². The van der Waals surface area contributed by atoms with Gasteiger partial charge < -0.3 is 9.72 Å². The van der Waals surface area contributed by atoms with Crippen molar-refractivity contribution in [1.29, 1.82) is 0 Å². The van der Waals surface area contributed by atoms with Crippen LogP contribution in [0.15, 0.2) is 47.4 Å². The molecule has 178 valence electrons. The molecule has 1 N–H and O–H groups in total. The number of benzene rings is 1. The highest BCUT2D eigenvalue weighted by molar-refractivity contribution is 7.18. The Bertz CT molecular complexity index is 1630. The standard InChI is InChI=1S/C26H25N5O3S/c1-13(2)31-23-19(12-27-31)18(11-20(28-23)17-9-7-6-8-10-17)26(33)34-15(4)22-29-24(32)21-14(3)16(5)35-25(21)30-22/h6-13,15H,1-5H3,(H,29,30,32). The smallest absolute Gasteiger partial charge is 0.339 e. The third-order valence-electron chi connectivity index (χ3n) is 6.07. The van der Waals surface area contributed by atoms with Gasteiger partial charge in [-0.1, -0.05) is 30.3 Å². The molecule has 1 unspecified atom stereocenters. The Morgan fingerprint density at radius 3 is 2.57 bits per heavy atom. The number of rotatable bonds is 5. The summed E-state index contributed by atoms with van der Waals surface area (Å²) in [5.74, 6) is -0.227. The van der Waals surface area contributed by atoms with E-state index in [0.717, 1.165) is 16.0 Å². The second kappa shape index (κ2) is 8.74. The number of hydrogen-bond donors (Lipinski definition) is 1. The highest BCUT2D eigenvalue weighted by Crippen LogP contribution is 2.29. The van der Waals surface area contributed by atoms with E-state index in [1.807, 2.05) is 58.0 Å². The molecule has 0 saturated heterocycles. The van der Waals surface area contributed by atoms with E-state index in [-0.39, 0.29) is 11.6 Å². The van der Waals surface area contributed by atoms with Gasteiger partial charge in [-0.25, -0.2) is 19.4 Å². The summed E-state index contributed by atoms with van der Waals surface area (Å²) in [5.41, 5.74) is 3.19. The van der Waals surface area contributed by atoms with Crippen molar-refractivity contribution in [2.45, 2.75) is 46.8 Å². The van der Waals surface area contributed by atoms with Crippen LogP contribution in [0.25, 0.3) is 32.5 Å². The van der Waals surface area contributed by atoms with Crippen molar-refractivity contribution in [1.82, 2.24) is 24.7 Å². The first kappa shape index (κ1) is 22.9. The number of H-pyrrole nitrogens is 1. The van der Waals surface area contributed by atoms with Crippen molar-refractivity contribution < 1.29 is 9.53 Å². The van der Waals surface area contributed by atoms with Crippen molar-refractivity contribution >= 4 is 38.6 Å². The summed E-state index contributed by atoms with van der Waals surface area (Å²) < 4.78 is 7.59. The van der Waals surface area contributed by atoms with Crippen LogP contribution in [0.5, 0.6) is 0 Å². The predicted octanol–water partition coefficient (Wildman–Crippen LogP) is 5.51. The van der Waals surface area contributed by atoms with E-state index in [0.29, 0.717) is 38.3 Å². The zero-order valence-corrected chi connectivity index (χ0v) is 20.9. The van der Waals surface area contributed by atoms with Crippen LogP contribution in [0, 0.1) is 13.8 Å². The van der Waals surface area contributed by atoms with Gasteiger partial charge in [-0.2, -0.15) is 5.10 Å². The van der Waals surface area contributed by atoms with E-state index in [9.17, 15) is 9.59 Å². The third kappa shape index (κ3) is 4.01. The van der Waals surface area contributed by atoms with Crippen molar-refractivity contribution in [2.75, 3.05) is 0 Å².